The van der Waals surface area contributed by atoms with Crippen LogP contribution in [0.25, 0.3) is 5.69 Å². The summed E-state index contributed by atoms with van der Waals surface area (Å²) in [6.45, 7) is -0.189. The van der Waals surface area contributed by atoms with Crippen LogP contribution >= 0.6 is 11.6 Å². The zero-order valence-electron chi connectivity index (χ0n) is 22.5. The van der Waals surface area contributed by atoms with Gasteiger partial charge in [0.2, 0.25) is 17.7 Å². The molecule has 3 heterocycles. The second-order valence-electron chi connectivity index (χ2n) is 10.1. The van der Waals surface area contributed by atoms with Gasteiger partial charge in [0.05, 0.1) is 11.4 Å². The van der Waals surface area contributed by atoms with Crippen molar-refractivity contribution in [3.63, 3.8) is 0 Å². The number of hydrogen-bond acceptors (Lipinski definition) is 7. The van der Waals surface area contributed by atoms with Gasteiger partial charge in [-0.2, -0.15) is 4.68 Å². The van der Waals surface area contributed by atoms with Crippen LogP contribution in [0.15, 0.2) is 73.1 Å². The van der Waals surface area contributed by atoms with Crippen LogP contribution in [0.1, 0.15) is 21.5 Å². The molecule has 1 N–H and O–H groups in total. The molecule has 3 aromatic carbocycles. The third-order valence-electron chi connectivity index (χ3n) is 7.35. The monoisotopic (exact) mass is 584 g/mol. The highest BCUT2D eigenvalue weighted by molar-refractivity contribution is 6.31. The fraction of sp³-hybridized carbons (Fsp3) is 0.207. The van der Waals surface area contributed by atoms with E-state index < -0.39 is 23.8 Å². The molecule has 0 aliphatic carbocycles. The first kappa shape index (κ1) is 27.1. The van der Waals surface area contributed by atoms with E-state index in [0.717, 1.165) is 11.1 Å². The van der Waals surface area contributed by atoms with Gasteiger partial charge in [0.15, 0.2) is 0 Å². The number of tetrazole rings is 1. The Kier molecular flexibility index (Phi) is 7.13. The lowest BCUT2D eigenvalue weighted by Gasteiger charge is -2.38. The molecular weight excluding hydrogens is 560 g/mol. The molecule has 13 heteroatoms. The molecule has 1 aromatic heterocycles. The van der Waals surface area contributed by atoms with Crippen molar-refractivity contribution in [2.24, 2.45) is 0 Å². The predicted molar refractivity (Wildman–Crippen MR) is 153 cm³/mol. The van der Waals surface area contributed by atoms with Crippen molar-refractivity contribution in [2.45, 2.75) is 19.0 Å². The van der Waals surface area contributed by atoms with Gasteiger partial charge in [0, 0.05) is 36.3 Å². The molecule has 1 saturated heterocycles. The van der Waals surface area contributed by atoms with Crippen molar-refractivity contribution in [1.82, 2.24) is 30.0 Å². The van der Waals surface area contributed by atoms with Crippen LogP contribution < -0.4 is 10.2 Å². The van der Waals surface area contributed by atoms with Crippen LogP contribution in [0.4, 0.5) is 11.4 Å². The first-order valence-corrected chi connectivity index (χ1v) is 13.5. The van der Waals surface area contributed by atoms with Gasteiger partial charge in [0.1, 0.15) is 25.5 Å². The summed E-state index contributed by atoms with van der Waals surface area (Å²) >= 11 is 6.25. The standard InChI is InChI=1S/C29H25ClN8O4/c1-35-14-19-12-21(8-9-22(19)29(35)42)32-28(41)25(11-18-5-3-2-4-6-18)37-16-26(39)36(15-27(37)40)24-13-20(30)7-10-23(24)38-17-31-33-34-38/h2-10,12-13,17,25H,11,14-16H2,1H3,(H,32,41). The lowest BCUT2D eigenvalue weighted by atomic mass is 10.0. The van der Waals surface area contributed by atoms with E-state index in [1.54, 1.807) is 48.3 Å². The van der Waals surface area contributed by atoms with Gasteiger partial charge >= 0.3 is 0 Å². The van der Waals surface area contributed by atoms with E-state index in [1.807, 2.05) is 30.3 Å². The molecule has 4 amide bonds. The molecular formula is C29H25ClN8O4. The highest BCUT2D eigenvalue weighted by Gasteiger charge is 2.39. The summed E-state index contributed by atoms with van der Waals surface area (Å²) in [7, 11) is 1.72. The molecule has 2 aliphatic heterocycles. The summed E-state index contributed by atoms with van der Waals surface area (Å²) in [5.41, 5.74) is 3.57. The second kappa shape index (κ2) is 11.1. The van der Waals surface area contributed by atoms with E-state index >= 15 is 0 Å². The maximum absolute atomic E-state index is 13.8. The van der Waals surface area contributed by atoms with Gasteiger partial charge in [0.25, 0.3) is 5.91 Å². The Balaban J connectivity index is 1.27. The van der Waals surface area contributed by atoms with E-state index in [-0.39, 0.29) is 25.4 Å². The summed E-state index contributed by atoms with van der Waals surface area (Å²) in [4.78, 5) is 57.5. The average molecular weight is 585 g/mol. The summed E-state index contributed by atoms with van der Waals surface area (Å²) < 4.78 is 1.38. The van der Waals surface area contributed by atoms with Gasteiger partial charge in [-0.3, -0.25) is 24.1 Å². The molecule has 0 spiro atoms. The molecule has 1 atom stereocenters. The van der Waals surface area contributed by atoms with E-state index in [4.69, 9.17) is 11.6 Å². The number of nitrogens with one attached hydrogen (secondary N) is 1. The quantitative estimate of drug-likeness (QED) is 0.352. The number of nitrogens with zero attached hydrogens (tertiary/aromatic N) is 7. The van der Waals surface area contributed by atoms with Crippen LogP contribution in [0.5, 0.6) is 0 Å². The molecule has 0 bridgehead atoms. The summed E-state index contributed by atoms with van der Waals surface area (Å²) in [5.74, 6) is -1.32. The number of rotatable bonds is 7. The number of fused-ring (bicyclic) bond motifs is 1. The third kappa shape index (κ3) is 5.19. The minimum Gasteiger partial charge on any atom is -0.337 e. The number of benzene rings is 3. The largest absolute Gasteiger partial charge is 0.337 e. The first-order valence-electron chi connectivity index (χ1n) is 13.1. The van der Waals surface area contributed by atoms with E-state index in [0.29, 0.717) is 34.2 Å². The van der Waals surface area contributed by atoms with Gasteiger partial charge in [-0.05, 0) is 58.0 Å². The maximum Gasteiger partial charge on any atom is 0.254 e. The minimum atomic E-state index is -0.970. The van der Waals surface area contributed by atoms with Gasteiger partial charge in [-0.25, -0.2) is 0 Å². The zero-order valence-corrected chi connectivity index (χ0v) is 23.2. The fourth-order valence-corrected chi connectivity index (χ4v) is 5.43. The number of amides is 4. The third-order valence-corrected chi connectivity index (χ3v) is 7.59. The minimum absolute atomic E-state index is 0.0743. The Bertz CT molecular complexity index is 1700. The van der Waals surface area contributed by atoms with Crippen LogP contribution in [0.3, 0.4) is 0 Å². The number of aromatic nitrogens is 4. The van der Waals surface area contributed by atoms with Gasteiger partial charge in [-0.1, -0.05) is 41.9 Å². The van der Waals surface area contributed by atoms with Crippen molar-refractivity contribution >= 4 is 46.6 Å². The highest BCUT2D eigenvalue weighted by atomic mass is 35.5. The Morgan fingerprint density at radius 1 is 0.952 bits per heavy atom. The van der Waals surface area contributed by atoms with Gasteiger partial charge < -0.3 is 15.1 Å². The van der Waals surface area contributed by atoms with Crippen LogP contribution in [-0.2, 0) is 27.3 Å². The van der Waals surface area contributed by atoms with Crippen LogP contribution in [-0.4, -0.2) is 79.8 Å². The Labute approximate surface area is 245 Å². The second-order valence-corrected chi connectivity index (χ2v) is 10.6. The van der Waals surface area contributed by atoms with Crippen molar-refractivity contribution in [3.05, 3.63) is 94.8 Å². The molecule has 0 saturated carbocycles. The molecule has 1 unspecified atom stereocenters. The van der Waals surface area contributed by atoms with E-state index in [9.17, 15) is 19.2 Å². The van der Waals surface area contributed by atoms with Crippen LogP contribution in [0.2, 0.25) is 5.02 Å². The molecule has 2 aliphatic rings. The van der Waals surface area contributed by atoms with Crippen molar-refractivity contribution in [2.75, 3.05) is 30.4 Å². The first-order chi connectivity index (χ1) is 20.3. The van der Waals surface area contributed by atoms with Crippen molar-refractivity contribution in [1.29, 1.82) is 0 Å². The topological polar surface area (TPSA) is 134 Å². The SMILES string of the molecule is CN1Cc2cc(NC(=O)C(Cc3ccccc3)N3CC(=O)N(c4cc(Cl)ccc4-n4cnnn4)CC3=O)ccc2C1=O. The molecule has 4 aromatic rings. The molecule has 212 valence electrons. The van der Waals surface area contributed by atoms with Gasteiger partial charge in [-0.15, -0.1) is 5.10 Å². The Morgan fingerprint density at radius 3 is 2.52 bits per heavy atom. The smallest absolute Gasteiger partial charge is 0.254 e. The molecule has 42 heavy (non-hydrogen) atoms. The molecule has 12 nitrogen and oxygen atoms in total. The molecule has 0 radical (unpaired) electrons. The molecule has 6 rings (SSSR count). The normalized spacial score (nSPS) is 15.7. The number of anilines is 2. The summed E-state index contributed by atoms with van der Waals surface area (Å²) in [5, 5.41) is 14.5. The highest BCUT2D eigenvalue weighted by Crippen LogP contribution is 2.30. The lowest BCUT2D eigenvalue weighted by Crippen LogP contribution is -2.60. The van der Waals surface area contributed by atoms with E-state index in [1.165, 1.54) is 20.8 Å². The van der Waals surface area contributed by atoms with E-state index in [2.05, 4.69) is 20.8 Å². The number of piperazine rings is 1. The Hall–Kier alpha value is -5.10. The number of hydrogen-bond donors (Lipinski definition) is 1. The lowest BCUT2D eigenvalue weighted by molar-refractivity contribution is -0.143. The maximum atomic E-state index is 13.8. The zero-order chi connectivity index (χ0) is 29.4. The van der Waals surface area contributed by atoms with Crippen molar-refractivity contribution < 1.29 is 19.2 Å². The number of carbonyl (C=O) groups is 4. The summed E-state index contributed by atoms with van der Waals surface area (Å²) in [6.07, 6.45) is 1.58. The molecule has 1 fully saturated rings. The Morgan fingerprint density at radius 2 is 1.76 bits per heavy atom. The fourth-order valence-electron chi connectivity index (χ4n) is 5.27. The summed E-state index contributed by atoms with van der Waals surface area (Å²) in [6, 6.07) is 18.3. The number of halogens is 1. The van der Waals surface area contributed by atoms with Crippen molar-refractivity contribution in [3.8, 4) is 5.69 Å². The van der Waals surface area contributed by atoms with Crippen LogP contribution in [0, 0.1) is 0 Å². The number of carbonyl (C=O) groups excluding carboxylic acids is 4. The average Bonchev–Trinajstić information content (AvgIpc) is 3.61. The predicted octanol–water partition coefficient (Wildman–Crippen LogP) is 2.33.